The monoisotopic (exact) mass is 440 g/mol. The molecule has 1 aliphatic carbocycles. The van der Waals surface area contributed by atoms with E-state index in [-0.39, 0.29) is 24.3 Å². The minimum atomic E-state index is -0.810. The van der Waals surface area contributed by atoms with Crippen LogP contribution < -0.4 is 10.1 Å². The van der Waals surface area contributed by atoms with Gasteiger partial charge in [-0.2, -0.15) is 0 Å². The Morgan fingerprint density at radius 2 is 2.00 bits per heavy atom. The van der Waals surface area contributed by atoms with Crippen LogP contribution in [0.3, 0.4) is 0 Å². The van der Waals surface area contributed by atoms with Crippen molar-refractivity contribution >= 4 is 17.8 Å². The van der Waals surface area contributed by atoms with E-state index in [0.29, 0.717) is 19.5 Å². The van der Waals surface area contributed by atoms with Gasteiger partial charge < -0.3 is 15.0 Å². The van der Waals surface area contributed by atoms with Gasteiger partial charge in [0.05, 0.1) is 6.61 Å². The van der Waals surface area contributed by atoms with Crippen molar-refractivity contribution in [2.24, 2.45) is 5.92 Å². The number of piperazine rings is 1. The maximum absolute atomic E-state index is 13.1. The van der Waals surface area contributed by atoms with Crippen LogP contribution in [0.1, 0.15) is 43.7 Å². The Balaban J connectivity index is 1.15. The third-order valence-electron chi connectivity index (χ3n) is 7.68. The highest BCUT2D eigenvalue weighted by Gasteiger charge is 2.55. The molecule has 1 aromatic rings. The van der Waals surface area contributed by atoms with Crippen LogP contribution in [0, 0.1) is 5.92 Å². The molecule has 2 atom stereocenters. The molecule has 8 nitrogen and oxygen atoms in total. The third-order valence-corrected chi connectivity index (χ3v) is 7.68. The second-order valence-electron chi connectivity index (χ2n) is 9.64. The summed E-state index contributed by atoms with van der Waals surface area (Å²) in [7, 11) is 0. The van der Waals surface area contributed by atoms with Crippen molar-refractivity contribution in [3.05, 3.63) is 29.3 Å². The molecule has 4 aliphatic rings. The number of benzene rings is 1. The molecule has 0 bridgehead atoms. The number of hydrogen-bond donors (Lipinski definition) is 1. The van der Waals surface area contributed by atoms with Gasteiger partial charge in [0.1, 0.15) is 17.8 Å². The van der Waals surface area contributed by atoms with Crippen molar-refractivity contribution in [2.75, 3.05) is 39.3 Å². The first-order valence-corrected chi connectivity index (χ1v) is 11.8. The average Bonchev–Trinajstić information content (AvgIpc) is 3.35. The number of nitrogens with zero attached hydrogens (tertiary/aromatic N) is 3. The van der Waals surface area contributed by atoms with Crippen molar-refractivity contribution in [2.45, 2.75) is 51.1 Å². The zero-order valence-corrected chi connectivity index (χ0v) is 18.8. The quantitative estimate of drug-likeness (QED) is 0.722. The van der Waals surface area contributed by atoms with Crippen molar-refractivity contribution < 1.29 is 19.1 Å². The second-order valence-corrected chi connectivity index (χ2v) is 9.64. The SMILES string of the molecule is CC1CCCCC12NC(=O)N(CC(=O)N1CCN(Cc3ccc4c(c3)CCO4)CC1)C2=O. The zero-order chi connectivity index (χ0) is 22.3. The van der Waals surface area contributed by atoms with E-state index in [1.54, 1.807) is 4.90 Å². The number of urea groups is 1. The van der Waals surface area contributed by atoms with Crippen LogP contribution in [0.4, 0.5) is 4.79 Å². The van der Waals surface area contributed by atoms with Gasteiger partial charge in [0, 0.05) is 39.1 Å². The van der Waals surface area contributed by atoms with Crippen LogP contribution >= 0.6 is 0 Å². The smallest absolute Gasteiger partial charge is 0.325 e. The summed E-state index contributed by atoms with van der Waals surface area (Å²) in [6.45, 7) is 6.25. The molecule has 3 fully saturated rings. The summed E-state index contributed by atoms with van der Waals surface area (Å²) in [6, 6.07) is 5.97. The molecule has 0 aromatic heterocycles. The minimum Gasteiger partial charge on any atom is -0.493 e. The Labute approximate surface area is 188 Å². The number of fused-ring (bicyclic) bond motifs is 1. The Morgan fingerprint density at radius 1 is 1.19 bits per heavy atom. The standard InChI is InChI=1S/C24H32N4O4/c1-17-4-2-3-8-24(17)22(30)28(23(31)25-24)16-21(29)27-11-9-26(10-12-27)15-18-5-6-20-19(14-18)7-13-32-20/h5-6,14,17H,2-4,7-13,15-16H2,1H3,(H,25,31). The predicted octanol–water partition coefficient (Wildman–Crippen LogP) is 1.77. The van der Waals surface area contributed by atoms with Gasteiger partial charge in [0.2, 0.25) is 5.91 Å². The van der Waals surface area contributed by atoms with Crippen LogP contribution in [-0.4, -0.2) is 77.4 Å². The maximum atomic E-state index is 13.1. The molecule has 8 heteroatoms. The van der Waals surface area contributed by atoms with Gasteiger partial charge in [0.15, 0.2) is 0 Å². The molecule has 2 unspecified atom stereocenters. The lowest BCUT2D eigenvalue weighted by Crippen LogP contribution is -2.54. The number of ether oxygens (including phenoxy) is 1. The van der Waals surface area contributed by atoms with Crippen molar-refractivity contribution in [1.82, 2.24) is 20.0 Å². The highest BCUT2D eigenvalue weighted by molar-refractivity contribution is 6.09. The summed E-state index contributed by atoms with van der Waals surface area (Å²) in [5, 5.41) is 2.93. The van der Waals surface area contributed by atoms with Crippen molar-refractivity contribution in [3.8, 4) is 5.75 Å². The summed E-state index contributed by atoms with van der Waals surface area (Å²) in [5.74, 6) is 0.724. The number of hydrogen-bond acceptors (Lipinski definition) is 5. The topological polar surface area (TPSA) is 82.2 Å². The molecule has 4 amide bonds. The van der Waals surface area contributed by atoms with Crippen molar-refractivity contribution in [3.63, 3.8) is 0 Å². The van der Waals surface area contributed by atoms with Gasteiger partial charge in [-0.25, -0.2) is 4.79 Å². The number of carbonyl (C=O) groups excluding carboxylic acids is 3. The molecule has 1 spiro atoms. The molecule has 0 radical (unpaired) electrons. The molecule has 1 aromatic carbocycles. The van der Waals surface area contributed by atoms with Gasteiger partial charge in [-0.15, -0.1) is 0 Å². The van der Waals surface area contributed by atoms with Gasteiger partial charge in [-0.1, -0.05) is 31.9 Å². The zero-order valence-electron chi connectivity index (χ0n) is 18.8. The van der Waals surface area contributed by atoms with E-state index in [2.05, 4.69) is 28.4 Å². The molecule has 1 saturated carbocycles. The number of rotatable bonds is 4. The summed E-state index contributed by atoms with van der Waals surface area (Å²) >= 11 is 0. The Kier molecular flexibility index (Phi) is 5.57. The second kappa shape index (κ2) is 8.39. The molecular weight excluding hydrogens is 408 g/mol. The van der Waals surface area contributed by atoms with E-state index >= 15 is 0 Å². The van der Waals surface area contributed by atoms with E-state index < -0.39 is 11.6 Å². The highest BCUT2D eigenvalue weighted by atomic mass is 16.5. The number of amides is 4. The molecule has 1 N–H and O–H groups in total. The van der Waals surface area contributed by atoms with Crippen LogP contribution in [0.15, 0.2) is 18.2 Å². The first-order valence-electron chi connectivity index (χ1n) is 11.8. The normalized spacial score (nSPS) is 28.1. The lowest BCUT2D eigenvalue weighted by Gasteiger charge is -2.37. The number of nitrogens with one attached hydrogen (secondary N) is 1. The summed E-state index contributed by atoms with van der Waals surface area (Å²) in [5.41, 5.74) is 1.73. The summed E-state index contributed by atoms with van der Waals surface area (Å²) < 4.78 is 5.58. The Bertz CT molecular complexity index is 927. The summed E-state index contributed by atoms with van der Waals surface area (Å²) in [4.78, 5) is 43.9. The Hall–Kier alpha value is -2.61. The Morgan fingerprint density at radius 3 is 2.78 bits per heavy atom. The van der Waals surface area contributed by atoms with E-state index in [9.17, 15) is 14.4 Å². The van der Waals surface area contributed by atoms with E-state index in [0.717, 1.165) is 62.6 Å². The van der Waals surface area contributed by atoms with Crippen LogP contribution in [0.25, 0.3) is 0 Å². The van der Waals surface area contributed by atoms with Crippen LogP contribution in [0.5, 0.6) is 5.75 Å². The fourth-order valence-corrected chi connectivity index (χ4v) is 5.63. The first kappa shape index (κ1) is 21.2. The lowest BCUT2D eigenvalue weighted by atomic mass is 9.73. The molecular formula is C24H32N4O4. The molecule has 5 rings (SSSR count). The highest BCUT2D eigenvalue weighted by Crippen LogP contribution is 2.38. The number of imide groups is 1. The fourth-order valence-electron chi connectivity index (χ4n) is 5.63. The van der Waals surface area contributed by atoms with Gasteiger partial charge in [-0.05, 0) is 36.0 Å². The van der Waals surface area contributed by atoms with Gasteiger partial charge >= 0.3 is 6.03 Å². The van der Waals surface area contributed by atoms with Gasteiger partial charge in [0.25, 0.3) is 5.91 Å². The largest absolute Gasteiger partial charge is 0.493 e. The van der Waals surface area contributed by atoms with E-state index in [1.165, 1.54) is 11.1 Å². The lowest BCUT2D eigenvalue weighted by molar-refractivity contribution is -0.141. The minimum absolute atomic E-state index is 0.0992. The van der Waals surface area contributed by atoms with E-state index in [4.69, 9.17) is 4.74 Å². The molecule has 3 heterocycles. The molecule has 172 valence electrons. The predicted molar refractivity (Wildman–Crippen MR) is 118 cm³/mol. The first-order chi connectivity index (χ1) is 15.5. The molecule has 32 heavy (non-hydrogen) atoms. The maximum Gasteiger partial charge on any atom is 0.325 e. The van der Waals surface area contributed by atoms with Gasteiger partial charge in [-0.3, -0.25) is 19.4 Å². The van der Waals surface area contributed by atoms with E-state index in [1.807, 2.05) is 6.92 Å². The molecule has 3 aliphatic heterocycles. The molecule has 2 saturated heterocycles. The fraction of sp³-hybridized carbons (Fsp3) is 0.625. The number of carbonyl (C=O) groups is 3. The average molecular weight is 441 g/mol. The third kappa shape index (κ3) is 3.74. The van der Waals surface area contributed by atoms with Crippen molar-refractivity contribution in [1.29, 1.82) is 0 Å². The van der Waals surface area contributed by atoms with Crippen LogP contribution in [0.2, 0.25) is 0 Å². The summed E-state index contributed by atoms with van der Waals surface area (Å²) in [6.07, 6.45) is 4.56. The van der Waals surface area contributed by atoms with Crippen LogP contribution in [-0.2, 0) is 22.6 Å².